The van der Waals surface area contributed by atoms with Crippen LogP contribution in [0.5, 0.6) is 0 Å². The van der Waals surface area contributed by atoms with Gasteiger partial charge in [0.15, 0.2) is 5.96 Å². The van der Waals surface area contributed by atoms with Crippen molar-refractivity contribution in [2.75, 3.05) is 26.2 Å². The van der Waals surface area contributed by atoms with Gasteiger partial charge in [0, 0.05) is 42.1 Å². The molecule has 1 aliphatic heterocycles. The van der Waals surface area contributed by atoms with Gasteiger partial charge in [-0.3, -0.25) is 19.5 Å². The monoisotopic (exact) mass is 388 g/mol. The molecule has 1 aromatic rings. The second-order valence-corrected chi connectivity index (χ2v) is 8.55. The third-order valence-electron chi connectivity index (χ3n) is 4.77. The number of nitrogens with zero attached hydrogens (tertiary/aromatic N) is 2. The molecule has 1 saturated heterocycles. The smallest absolute Gasteiger partial charge is 0.229 e. The predicted molar refractivity (Wildman–Crippen MR) is 109 cm³/mol. The molecule has 1 heterocycles. The Hall–Kier alpha value is -2.02. The van der Waals surface area contributed by atoms with Gasteiger partial charge in [0.05, 0.1) is 6.54 Å². The number of thioether (sulfide) groups is 1. The largest absolute Gasteiger partial charge is 0.357 e. The summed E-state index contributed by atoms with van der Waals surface area (Å²) in [6, 6.07) is 10.5. The number of nitrogens with one attached hydrogen (secondary N) is 2. The van der Waals surface area contributed by atoms with Crippen LogP contribution in [-0.4, -0.2) is 53.6 Å². The fourth-order valence-electron chi connectivity index (χ4n) is 3.07. The van der Waals surface area contributed by atoms with Gasteiger partial charge < -0.3 is 10.6 Å². The maximum atomic E-state index is 11.9. The highest BCUT2D eigenvalue weighted by Crippen LogP contribution is 2.51. The lowest BCUT2D eigenvalue weighted by Gasteiger charge is -2.25. The molecule has 1 aromatic carbocycles. The number of hydrogen-bond donors (Lipinski definition) is 2. The van der Waals surface area contributed by atoms with Gasteiger partial charge in [-0.25, -0.2) is 0 Å². The molecule has 2 aliphatic rings. The normalized spacial score (nSPS) is 19.1. The van der Waals surface area contributed by atoms with Crippen molar-refractivity contribution < 1.29 is 9.59 Å². The molecule has 0 unspecified atom stereocenters. The molecule has 7 heteroatoms. The molecule has 1 saturated carbocycles. The molecular formula is C20H28N4O2S. The van der Waals surface area contributed by atoms with Crippen LogP contribution >= 0.6 is 11.8 Å². The van der Waals surface area contributed by atoms with Crippen LogP contribution in [0.3, 0.4) is 0 Å². The molecule has 0 spiro atoms. The van der Waals surface area contributed by atoms with Crippen LogP contribution in [0.1, 0.15) is 39.0 Å². The first-order valence-electron chi connectivity index (χ1n) is 9.71. The Morgan fingerprint density at radius 2 is 1.85 bits per heavy atom. The molecule has 3 rings (SSSR count). The minimum atomic E-state index is -0.0637. The average Bonchev–Trinajstić information content (AvgIpc) is 3.42. The fourth-order valence-corrected chi connectivity index (χ4v) is 4.30. The molecule has 2 amide bonds. The van der Waals surface area contributed by atoms with Gasteiger partial charge in [0.2, 0.25) is 11.8 Å². The van der Waals surface area contributed by atoms with E-state index in [1.807, 2.05) is 24.8 Å². The van der Waals surface area contributed by atoms with Crippen molar-refractivity contribution in [2.24, 2.45) is 4.99 Å². The maximum absolute atomic E-state index is 11.9. The van der Waals surface area contributed by atoms with Crippen molar-refractivity contribution >= 4 is 29.5 Å². The van der Waals surface area contributed by atoms with Crippen LogP contribution in [0.25, 0.3) is 0 Å². The number of amides is 2. The number of rotatable bonds is 8. The summed E-state index contributed by atoms with van der Waals surface area (Å²) in [6.07, 6.45) is 3.96. The molecule has 2 fully saturated rings. The van der Waals surface area contributed by atoms with E-state index in [2.05, 4.69) is 34.9 Å². The zero-order chi connectivity index (χ0) is 19.1. The molecule has 146 valence electrons. The van der Waals surface area contributed by atoms with Crippen molar-refractivity contribution in [2.45, 2.75) is 48.7 Å². The average molecular weight is 389 g/mol. The number of aliphatic imine (C=N–C) groups is 1. The van der Waals surface area contributed by atoms with E-state index >= 15 is 0 Å². The minimum Gasteiger partial charge on any atom is -0.357 e. The van der Waals surface area contributed by atoms with E-state index in [9.17, 15) is 9.59 Å². The van der Waals surface area contributed by atoms with Gasteiger partial charge in [-0.05, 0) is 38.3 Å². The molecule has 27 heavy (non-hydrogen) atoms. The highest BCUT2D eigenvalue weighted by atomic mass is 32.2. The number of hydrogen-bond acceptors (Lipinski definition) is 4. The van der Waals surface area contributed by atoms with Crippen molar-refractivity contribution in [1.29, 1.82) is 0 Å². The van der Waals surface area contributed by atoms with Gasteiger partial charge in [-0.15, -0.1) is 11.8 Å². The first kappa shape index (κ1) is 19.7. The lowest BCUT2D eigenvalue weighted by Crippen LogP contribution is -2.46. The number of benzene rings is 1. The first-order chi connectivity index (χ1) is 13.1. The standard InChI is InChI=1S/C20H28N4O2S/c1-2-21-19(22-13-14-24-17(25)9-6-10-18(24)26)23-15-20(11-12-20)27-16-7-4-3-5-8-16/h3-5,7-8H,2,6,9-15H2,1H3,(H2,21,22,23). The third-order valence-corrected chi connectivity index (χ3v) is 6.24. The van der Waals surface area contributed by atoms with Crippen LogP contribution in [0.15, 0.2) is 40.2 Å². The Bertz CT molecular complexity index is 672. The quantitative estimate of drug-likeness (QED) is 0.406. The van der Waals surface area contributed by atoms with Crippen LogP contribution < -0.4 is 10.6 Å². The van der Waals surface area contributed by atoms with E-state index < -0.39 is 0 Å². The summed E-state index contributed by atoms with van der Waals surface area (Å²) in [5.74, 6) is 0.617. The second kappa shape index (κ2) is 9.26. The molecule has 0 aromatic heterocycles. The summed E-state index contributed by atoms with van der Waals surface area (Å²) in [6.45, 7) is 4.46. The van der Waals surface area contributed by atoms with Crippen LogP contribution in [0.2, 0.25) is 0 Å². The SMILES string of the molecule is CCNC(=NCC1(Sc2ccccc2)CC1)NCCN1C(=O)CCCC1=O. The number of carbonyl (C=O) groups excluding carboxylic acids is 2. The summed E-state index contributed by atoms with van der Waals surface area (Å²) in [5, 5.41) is 6.51. The van der Waals surface area contributed by atoms with E-state index in [1.54, 1.807) is 0 Å². The third kappa shape index (κ3) is 5.73. The van der Waals surface area contributed by atoms with Crippen LogP contribution in [-0.2, 0) is 9.59 Å². The Kier molecular flexibility index (Phi) is 6.77. The topological polar surface area (TPSA) is 73.8 Å². The van der Waals surface area contributed by atoms with E-state index in [-0.39, 0.29) is 16.6 Å². The van der Waals surface area contributed by atoms with E-state index in [0.29, 0.717) is 32.4 Å². The van der Waals surface area contributed by atoms with E-state index in [4.69, 9.17) is 4.99 Å². The first-order valence-corrected chi connectivity index (χ1v) is 10.5. The van der Waals surface area contributed by atoms with E-state index in [0.717, 1.165) is 19.0 Å². The summed E-state index contributed by atoms with van der Waals surface area (Å²) in [5.41, 5.74) is 0. The minimum absolute atomic E-state index is 0.0637. The summed E-state index contributed by atoms with van der Waals surface area (Å²) < 4.78 is 0.197. The maximum Gasteiger partial charge on any atom is 0.229 e. The summed E-state index contributed by atoms with van der Waals surface area (Å²) >= 11 is 1.90. The summed E-state index contributed by atoms with van der Waals surface area (Å²) in [7, 11) is 0. The summed E-state index contributed by atoms with van der Waals surface area (Å²) in [4.78, 5) is 31.1. The Morgan fingerprint density at radius 1 is 1.15 bits per heavy atom. The number of piperidine rings is 1. The zero-order valence-electron chi connectivity index (χ0n) is 15.9. The highest BCUT2D eigenvalue weighted by Gasteiger charge is 2.43. The van der Waals surface area contributed by atoms with Crippen LogP contribution in [0, 0.1) is 0 Å². The Balaban J connectivity index is 1.50. The van der Waals surface area contributed by atoms with Gasteiger partial charge in [0.25, 0.3) is 0 Å². The molecule has 0 atom stereocenters. The van der Waals surface area contributed by atoms with Crippen molar-refractivity contribution in [3.63, 3.8) is 0 Å². The molecule has 2 N–H and O–H groups in total. The predicted octanol–water partition coefficient (Wildman–Crippen LogP) is 2.41. The Labute approximate surface area is 165 Å². The number of carbonyl (C=O) groups is 2. The molecule has 0 radical (unpaired) electrons. The second-order valence-electron chi connectivity index (χ2n) is 7.01. The van der Waals surface area contributed by atoms with Gasteiger partial charge in [-0.2, -0.15) is 0 Å². The number of guanidine groups is 1. The molecule has 0 bridgehead atoms. The number of imide groups is 1. The lowest BCUT2D eigenvalue weighted by atomic mass is 10.1. The van der Waals surface area contributed by atoms with Crippen molar-refractivity contribution in [3.05, 3.63) is 30.3 Å². The zero-order valence-corrected chi connectivity index (χ0v) is 16.7. The number of likely N-dealkylation sites (tertiary alicyclic amines) is 1. The van der Waals surface area contributed by atoms with Crippen molar-refractivity contribution in [1.82, 2.24) is 15.5 Å². The molecule has 6 nitrogen and oxygen atoms in total. The van der Waals surface area contributed by atoms with Gasteiger partial charge >= 0.3 is 0 Å². The highest BCUT2D eigenvalue weighted by molar-refractivity contribution is 8.01. The van der Waals surface area contributed by atoms with Gasteiger partial charge in [-0.1, -0.05) is 18.2 Å². The Morgan fingerprint density at radius 3 is 2.48 bits per heavy atom. The van der Waals surface area contributed by atoms with Gasteiger partial charge in [0.1, 0.15) is 0 Å². The molecular weight excluding hydrogens is 360 g/mol. The van der Waals surface area contributed by atoms with Crippen LogP contribution in [0.4, 0.5) is 0 Å². The molecule has 1 aliphatic carbocycles. The van der Waals surface area contributed by atoms with E-state index in [1.165, 1.54) is 22.6 Å². The van der Waals surface area contributed by atoms with Crippen molar-refractivity contribution in [3.8, 4) is 0 Å². The lowest BCUT2D eigenvalue weighted by molar-refractivity contribution is -0.147. The fraction of sp³-hybridized carbons (Fsp3) is 0.550.